The van der Waals surface area contributed by atoms with Gasteiger partial charge in [0.15, 0.2) is 11.6 Å². The van der Waals surface area contributed by atoms with Crippen molar-refractivity contribution in [1.29, 1.82) is 0 Å². The summed E-state index contributed by atoms with van der Waals surface area (Å²) in [6, 6.07) is 0. The Morgan fingerprint density at radius 2 is 1.92 bits per heavy atom. The van der Waals surface area contributed by atoms with Crippen molar-refractivity contribution >= 4 is 11.6 Å². The molecule has 4 nitrogen and oxygen atoms in total. The van der Waals surface area contributed by atoms with Gasteiger partial charge < -0.3 is 0 Å². The standard InChI is InChI=1S/C8H8O4/c1-5(9)7-3-4-11-12-8(7)6(2)10/h3-4H,1-2H3. The summed E-state index contributed by atoms with van der Waals surface area (Å²) in [5.41, 5.74) is 0.244. The van der Waals surface area contributed by atoms with Crippen LogP contribution in [-0.2, 0) is 19.4 Å². The van der Waals surface area contributed by atoms with E-state index >= 15 is 0 Å². The molecule has 0 N–H and O–H groups in total. The van der Waals surface area contributed by atoms with Gasteiger partial charge in [0.25, 0.3) is 0 Å². The molecule has 64 valence electrons. The van der Waals surface area contributed by atoms with Crippen LogP contribution >= 0.6 is 0 Å². The van der Waals surface area contributed by atoms with Crippen molar-refractivity contribution in [3.63, 3.8) is 0 Å². The van der Waals surface area contributed by atoms with E-state index in [4.69, 9.17) is 0 Å². The summed E-state index contributed by atoms with van der Waals surface area (Å²) in [7, 11) is 0. The van der Waals surface area contributed by atoms with Gasteiger partial charge in [-0.2, -0.15) is 0 Å². The van der Waals surface area contributed by atoms with E-state index in [0.717, 1.165) is 0 Å². The molecule has 0 saturated carbocycles. The van der Waals surface area contributed by atoms with Crippen LogP contribution in [0.25, 0.3) is 0 Å². The van der Waals surface area contributed by atoms with Gasteiger partial charge in [-0.1, -0.05) is 0 Å². The number of Topliss-reactive ketones (excluding diaryl/α,β-unsaturated/α-hetero) is 2. The lowest BCUT2D eigenvalue weighted by Crippen LogP contribution is -2.11. The number of allylic oxidation sites excluding steroid dienone is 3. The number of hydrogen-bond donors (Lipinski definition) is 0. The molecule has 4 heteroatoms. The van der Waals surface area contributed by atoms with Gasteiger partial charge in [0, 0.05) is 6.92 Å². The van der Waals surface area contributed by atoms with Crippen LogP contribution in [0.4, 0.5) is 0 Å². The van der Waals surface area contributed by atoms with Crippen molar-refractivity contribution < 1.29 is 19.4 Å². The normalized spacial score (nSPS) is 15.2. The molecule has 0 fully saturated rings. The zero-order valence-electron chi connectivity index (χ0n) is 6.79. The molecule has 0 spiro atoms. The highest BCUT2D eigenvalue weighted by Gasteiger charge is 2.19. The minimum Gasteiger partial charge on any atom is -0.298 e. The molecule has 0 saturated heterocycles. The molecule has 0 aromatic carbocycles. The van der Waals surface area contributed by atoms with Gasteiger partial charge in [-0.15, -0.1) is 0 Å². The van der Waals surface area contributed by atoms with Crippen molar-refractivity contribution in [3.05, 3.63) is 23.7 Å². The first-order valence-electron chi connectivity index (χ1n) is 3.39. The Hall–Kier alpha value is -1.58. The summed E-state index contributed by atoms with van der Waals surface area (Å²) in [5, 5.41) is 0. The largest absolute Gasteiger partial charge is 0.298 e. The maximum Gasteiger partial charge on any atom is 0.231 e. The summed E-state index contributed by atoms with van der Waals surface area (Å²) in [4.78, 5) is 30.7. The van der Waals surface area contributed by atoms with E-state index in [1.807, 2.05) is 0 Å². The lowest BCUT2D eigenvalue weighted by atomic mass is 10.1. The molecule has 1 aliphatic heterocycles. The molecule has 12 heavy (non-hydrogen) atoms. The maximum atomic E-state index is 10.9. The lowest BCUT2D eigenvalue weighted by Gasteiger charge is -2.10. The average Bonchev–Trinajstić information content (AvgIpc) is 2.04. The topological polar surface area (TPSA) is 52.6 Å². The third-order valence-corrected chi connectivity index (χ3v) is 1.37. The van der Waals surface area contributed by atoms with E-state index in [2.05, 4.69) is 9.78 Å². The van der Waals surface area contributed by atoms with Crippen LogP contribution < -0.4 is 0 Å². The smallest absolute Gasteiger partial charge is 0.231 e. The van der Waals surface area contributed by atoms with Gasteiger partial charge >= 0.3 is 0 Å². The third-order valence-electron chi connectivity index (χ3n) is 1.37. The quantitative estimate of drug-likeness (QED) is 0.574. The van der Waals surface area contributed by atoms with E-state index in [0.29, 0.717) is 0 Å². The number of rotatable bonds is 2. The Morgan fingerprint density at radius 1 is 1.25 bits per heavy atom. The predicted molar refractivity (Wildman–Crippen MR) is 39.7 cm³/mol. The van der Waals surface area contributed by atoms with Crippen LogP contribution in [0.3, 0.4) is 0 Å². The molecule has 0 amide bonds. The van der Waals surface area contributed by atoms with Crippen molar-refractivity contribution in [1.82, 2.24) is 0 Å². The first-order valence-corrected chi connectivity index (χ1v) is 3.39. The minimum atomic E-state index is -0.329. The highest BCUT2D eigenvalue weighted by atomic mass is 17.2. The summed E-state index contributed by atoms with van der Waals surface area (Å²) >= 11 is 0. The Bertz CT molecular complexity index is 285. The van der Waals surface area contributed by atoms with E-state index in [-0.39, 0.29) is 22.9 Å². The van der Waals surface area contributed by atoms with Crippen LogP contribution in [0, 0.1) is 0 Å². The number of carbonyl (C=O) groups is 2. The highest BCUT2D eigenvalue weighted by Crippen LogP contribution is 2.15. The van der Waals surface area contributed by atoms with Gasteiger partial charge in [0.1, 0.15) is 6.26 Å². The Labute approximate surface area is 69.4 Å². The molecule has 0 unspecified atom stereocenters. The molecule has 0 atom stereocenters. The summed E-state index contributed by atoms with van der Waals surface area (Å²) in [5.74, 6) is -0.589. The molecular formula is C8H8O4. The van der Waals surface area contributed by atoms with Gasteiger partial charge in [0.05, 0.1) is 5.57 Å². The van der Waals surface area contributed by atoms with Crippen LogP contribution in [0.5, 0.6) is 0 Å². The number of carbonyl (C=O) groups excluding carboxylic acids is 2. The average molecular weight is 168 g/mol. The van der Waals surface area contributed by atoms with E-state index < -0.39 is 0 Å². The zero-order chi connectivity index (χ0) is 9.14. The van der Waals surface area contributed by atoms with E-state index in [9.17, 15) is 9.59 Å². The third kappa shape index (κ3) is 1.53. The molecule has 0 aromatic rings. The minimum absolute atomic E-state index is 0.0370. The molecule has 0 radical (unpaired) electrons. The number of hydrogen-bond acceptors (Lipinski definition) is 4. The molecule has 1 heterocycles. The van der Waals surface area contributed by atoms with Crippen molar-refractivity contribution in [3.8, 4) is 0 Å². The summed E-state index contributed by atoms with van der Waals surface area (Å²) < 4.78 is 0. The first kappa shape index (κ1) is 8.52. The van der Waals surface area contributed by atoms with E-state index in [1.165, 1.54) is 26.2 Å². The zero-order valence-corrected chi connectivity index (χ0v) is 6.79. The Morgan fingerprint density at radius 3 is 2.33 bits per heavy atom. The van der Waals surface area contributed by atoms with Gasteiger partial charge in [-0.25, -0.2) is 0 Å². The fourth-order valence-corrected chi connectivity index (χ4v) is 0.818. The van der Waals surface area contributed by atoms with Crippen LogP contribution in [0.1, 0.15) is 13.8 Å². The fourth-order valence-electron chi connectivity index (χ4n) is 0.818. The molecule has 1 aliphatic rings. The molecule has 0 aromatic heterocycles. The second-order valence-corrected chi connectivity index (χ2v) is 2.34. The second kappa shape index (κ2) is 3.21. The summed E-state index contributed by atoms with van der Waals surface area (Å²) in [6.07, 6.45) is 2.62. The Balaban J connectivity index is 3.08. The molecular weight excluding hydrogens is 160 g/mol. The van der Waals surface area contributed by atoms with Crippen LogP contribution in [0.15, 0.2) is 23.7 Å². The predicted octanol–water partition coefficient (Wildman–Crippen LogP) is 0.894. The SMILES string of the molecule is CC(=O)C1=C(C(C)=O)OOC=C1. The van der Waals surface area contributed by atoms with Crippen molar-refractivity contribution in [2.75, 3.05) is 0 Å². The van der Waals surface area contributed by atoms with Crippen LogP contribution in [0.2, 0.25) is 0 Å². The van der Waals surface area contributed by atoms with Crippen molar-refractivity contribution in [2.24, 2.45) is 0 Å². The van der Waals surface area contributed by atoms with Crippen molar-refractivity contribution in [2.45, 2.75) is 13.8 Å². The Kier molecular flexibility index (Phi) is 2.28. The highest BCUT2D eigenvalue weighted by molar-refractivity contribution is 6.05. The molecule has 1 rings (SSSR count). The van der Waals surface area contributed by atoms with E-state index in [1.54, 1.807) is 0 Å². The fraction of sp³-hybridized carbons (Fsp3) is 0.250. The van der Waals surface area contributed by atoms with Crippen LogP contribution in [-0.4, -0.2) is 11.6 Å². The van der Waals surface area contributed by atoms with Gasteiger partial charge in [0.2, 0.25) is 5.76 Å². The number of ketones is 2. The first-order chi connectivity index (χ1) is 5.63. The van der Waals surface area contributed by atoms with Gasteiger partial charge in [-0.3, -0.25) is 19.4 Å². The van der Waals surface area contributed by atoms with Gasteiger partial charge in [-0.05, 0) is 13.0 Å². The molecule has 0 bridgehead atoms. The monoisotopic (exact) mass is 168 g/mol. The molecule has 0 aliphatic carbocycles. The summed E-state index contributed by atoms with van der Waals surface area (Å²) in [6.45, 7) is 2.66. The lowest BCUT2D eigenvalue weighted by molar-refractivity contribution is -0.216. The second-order valence-electron chi connectivity index (χ2n) is 2.34. The maximum absolute atomic E-state index is 10.9.